The van der Waals surface area contributed by atoms with Crippen molar-refractivity contribution < 1.29 is 13.9 Å². The summed E-state index contributed by atoms with van der Waals surface area (Å²) in [6.45, 7) is 6.86. The lowest BCUT2D eigenvalue weighted by molar-refractivity contribution is -0.0586. The third-order valence-electron chi connectivity index (χ3n) is 4.05. The standard InChI is InChI=1S/C18H19Cl2NO3/c1-10-8-21(9-11(2)23-10)18(22)14-7-17(24-12(14)3)15-6-13(19)4-5-16(15)20/h4-7,10-11H,8-9H2,1-3H3/t10-,11-/m0/s1. The average Bonchev–Trinajstić information content (AvgIpc) is 2.89. The Bertz CT molecular complexity index is 762. The molecule has 0 N–H and O–H groups in total. The van der Waals surface area contributed by atoms with Crippen molar-refractivity contribution >= 4 is 29.1 Å². The van der Waals surface area contributed by atoms with Gasteiger partial charge in [-0.15, -0.1) is 0 Å². The number of hydrogen-bond acceptors (Lipinski definition) is 3. The number of rotatable bonds is 2. The molecule has 6 heteroatoms. The molecule has 1 fully saturated rings. The van der Waals surface area contributed by atoms with Gasteiger partial charge in [0.15, 0.2) is 0 Å². The van der Waals surface area contributed by atoms with Gasteiger partial charge >= 0.3 is 0 Å². The first-order valence-electron chi connectivity index (χ1n) is 7.85. The van der Waals surface area contributed by atoms with Gasteiger partial charge in [-0.3, -0.25) is 4.79 Å². The number of hydrogen-bond donors (Lipinski definition) is 0. The number of ether oxygens (including phenoxy) is 1. The highest BCUT2D eigenvalue weighted by molar-refractivity contribution is 6.35. The molecule has 0 radical (unpaired) electrons. The molecule has 0 bridgehead atoms. The Morgan fingerprint density at radius 1 is 1.17 bits per heavy atom. The van der Waals surface area contributed by atoms with E-state index in [0.29, 0.717) is 45.8 Å². The van der Waals surface area contributed by atoms with Crippen LogP contribution in [0.25, 0.3) is 11.3 Å². The number of furan rings is 1. The van der Waals surface area contributed by atoms with E-state index in [9.17, 15) is 4.79 Å². The number of halogens is 2. The van der Waals surface area contributed by atoms with E-state index in [1.165, 1.54) is 0 Å². The highest BCUT2D eigenvalue weighted by Gasteiger charge is 2.29. The monoisotopic (exact) mass is 367 g/mol. The largest absolute Gasteiger partial charge is 0.460 e. The summed E-state index contributed by atoms with van der Waals surface area (Å²) < 4.78 is 11.5. The molecule has 0 aliphatic carbocycles. The predicted molar refractivity (Wildman–Crippen MR) is 94.8 cm³/mol. The molecular formula is C18H19Cl2NO3. The van der Waals surface area contributed by atoms with Crippen LogP contribution >= 0.6 is 23.2 Å². The Morgan fingerprint density at radius 3 is 2.50 bits per heavy atom. The van der Waals surface area contributed by atoms with E-state index in [2.05, 4.69) is 0 Å². The van der Waals surface area contributed by atoms with E-state index in [4.69, 9.17) is 32.4 Å². The van der Waals surface area contributed by atoms with Crippen LogP contribution in [0.2, 0.25) is 10.0 Å². The van der Waals surface area contributed by atoms with Crippen molar-refractivity contribution in [3.63, 3.8) is 0 Å². The lowest BCUT2D eigenvalue weighted by Gasteiger charge is -2.35. The zero-order chi connectivity index (χ0) is 17.4. The van der Waals surface area contributed by atoms with Gasteiger partial charge in [-0.1, -0.05) is 23.2 Å². The minimum atomic E-state index is -0.0531. The summed E-state index contributed by atoms with van der Waals surface area (Å²) in [5.74, 6) is 1.05. The van der Waals surface area contributed by atoms with Gasteiger partial charge in [0.05, 0.1) is 22.8 Å². The molecule has 1 amide bonds. The third-order valence-corrected chi connectivity index (χ3v) is 4.61. The summed E-state index contributed by atoms with van der Waals surface area (Å²) in [6.07, 6.45) is 0.0403. The first kappa shape index (κ1) is 17.3. The molecule has 3 rings (SSSR count). The second-order valence-electron chi connectivity index (χ2n) is 6.17. The SMILES string of the molecule is Cc1oc(-c2cc(Cl)ccc2Cl)cc1C(=O)N1C[C@H](C)O[C@@H](C)C1. The van der Waals surface area contributed by atoms with Crippen LogP contribution in [0.3, 0.4) is 0 Å². The van der Waals surface area contributed by atoms with Crippen molar-refractivity contribution in [3.8, 4) is 11.3 Å². The number of nitrogens with zero attached hydrogens (tertiary/aromatic N) is 1. The molecule has 2 aromatic rings. The van der Waals surface area contributed by atoms with Crippen LogP contribution in [0.4, 0.5) is 0 Å². The summed E-state index contributed by atoms with van der Waals surface area (Å²) in [4.78, 5) is 14.7. The van der Waals surface area contributed by atoms with E-state index >= 15 is 0 Å². The molecular weight excluding hydrogens is 349 g/mol. The van der Waals surface area contributed by atoms with E-state index < -0.39 is 0 Å². The number of morpholine rings is 1. The molecule has 1 aliphatic heterocycles. The molecule has 0 spiro atoms. The zero-order valence-corrected chi connectivity index (χ0v) is 15.3. The molecule has 2 atom stereocenters. The fraction of sp³-hybridized carbons (Fsp3) is 0.389. The van der Waals surface area contributed by atoms with E-state index in [1.54, 1.807) is 36.1 Å². The molecule has 1 aliphatic rings. The average molecular weight is 368 g/mol. The fourth-order valence-electron chi connectivity index (χ4n) is 3.03. The van der Waals surface area contributed by atoms with Crippen LogP contribution in [0, 0.1) is 6.92 Å². The lowest BCUT2D eigenvalue weighted by Crippen LogP contribution is -2.48. The molecule has 4 nitrogen and oxygen atoms in total. The maximum atomic E-state index is 12.9. The summed E-state index contributed by atoms with van der Waals surface area (Å²) in [5, 5.41) is 1.09. The zero-order valence-electron chi connectivity index (χ0n) is 13.8. The minimum absolute atomic E-state index is 0.0201. The second kappa shape index (κ2) is 6.79. The van der Waals surface area contributed by atoms with Crippen LogP contribution < -0.4 is 0 Å². The van der Waals surface area contributed by atoms with Crippen molar-refractivity contribution in [2.45, 2.75) is 33.0 Å². The van der Waals surface area contributed by atoms with Gasteiger partial charge in [-0.2, -0.15) is 0 Å². The quantitative estimate of drug-likeness (QED) is 0.764. The minimum Gasteiger partial charge on any atom is -0.460 e. The maximum Gasteiger partial charge on any atom is 0.257 e. The number of aryl methyl sites for hydroxylation is 1. The molecule has 1 aromatic carbocycles. The molecule has 0 unspecified atom stereocenters. The molecule has 1 aromatic heterocycles. The lowest BCUT2D eigenvalue weighted by atomic mass is 10.1. The number of carbonyl (C=O) groups is 1. The van der Waals surface area contributed by atoms with E-state index in [0.717, 1.165) is 0 Å². The topological polar surface area (TPSA) is 42.7 Å². The highest BCUT2D eigenvalue weighted by Crippen LogP contribution is 2.33. The van der Waals surface area contributed by atoms with Gasteiger partial charge in [0.1, 0.15) is 11.5 Å². The van der Waals surface area contributed by atoms with Crippen molar-refractivity contribution in [3.05, 3.63) is 45.6 Å². The van der Waals surface area contributed by atoms with Gasteiger partial charge in [0, 0.05) is 23.7 Å². The van der Waals surface area contributed by atoms with Gasteiger partial charge in [0.25, 0.3) is 5.91 Å². The summed E-state index contributed by atoms with van der Waals surface area (Å²) in [5.41, 5.74) is 1.22. The van der Waals surface area contributed by atoms with Crippen LogP contribution in [0.1, 0.15) is 30.0 Å². The Morgan fingerprint density at radius 2 is 1.83 bits per heavy atom. The summed E-state index contributed by atoms with van der Waals surface area (Å²) in [7, 11) is 0. The first-order chi connectivity index (χ1) is 11.3. The van der Waals surface area contributed by atoms with Crippen LogP contribution in [0.5, 0.6) is 0 Å². The maximum absolute atomic E-state index is 12.9. The van der Waals surface area contributed by atoms with Crippen molar-refractivity contribution in [2.24, 2.45) is 0 Å². The summed E-state index contributed by atoms with van der Waals surface area (Å²) in [6, 6.07) is 6.89. The third kappa shape index (κ3) is 3.46. The first-order valence-corrected chi connectivity index (χ1v) is 8.61. The Balaban J connectivity index is 1.91. The molecule has 128 valence electrons. The molecule has 2 heterocycles. The smallest absolute Gasteiger partial charge is 0.257 e. The highest BCUT2D eigenvalue weighted by atomic mass is 35.5. The van der Waals surface area contributed by atoms with Gasteiger partial charge < -0.3 is 14.1 Å². The fourth-order valence-corrected chi connectivity index (χ4v) is 3.41. The molecule has 1 saturated heterocycles. The van der Waals surface area contributed by atoms with Crippen LogP contribution in [0.15, 0.2) is 28.7 Å². The molecule has 24 heavy (non-hydrogen) atoms. The van der Waals surface area contributed by atoms with E-state index in [1.807, 2.05) is 13.8 Å². The Kier molecular flexibility index (Phi) is 4.90. The van der Waals surface area contributed by atoms with Crippen molar-refractivity contribution in [1.29, 1.82) is 0 Å². The molecule has 0 saturated carbocycles. The van der Waals surface area contributed by atoms with Crippen LogP contribution in [-0.4, -0.2) is 36.1 Å². The number of amides is 1. The van der Waals surface area contributed by atoms with E-state index in [-0.39, 0.29) is 18.1 Å². The predicted octanol–water partition coefficient (Wildman–Crippen LogP) is 4.81. The van der Waals surface area contributed by atoms with Gasteiger partial charge in [-0.25, -0.2) is 0 Å². The Labute approximate surface area is 151 Å². The van der Waals surface area contributed by atoms with Crippen molar-refractivity contribution in [1.82, 2.24) is 4.90 Å². The van der Waals surface area contributed by atoms with Crippen molar-refractivity contribution in [2.75, 3.05) is 13.1 Å². The number of carbonyl (C=O) groups excluding carboxylic acids is 1. The number of benzene rings is 1. The van der Waals surface area contributed by atoms with Gasteiger partial charge in [0.2, 0.25) is 0 Å². The van der Waals surface area contributed by atoms with Crippen LogP contribution in [-0.2, 0) is 4.74 Å². The second-order valence-corrected chi connectivity index (χ2v) is 7.02. The normalized spacial score (nSPS) is 21.1. The van der Waals surface area contributed by atoms with Gasteiger partial charge in [-0.05, 0) is 45.0 Å². The summed E-state index contributed by atoms with van der Waals surface area (Å²) >= 11 is 12.3. The Hall–Kier alpha value is -1.49.